The van der Waals surface area contributed by atoms with Gasteiger partial charge in [-0.25, -0.2) is 0 Å². The van der Waals surface area contributed by atoms with E-state index in [1.165, 1.54) is 31.3 Å². The number of fused-ring (bicyclic) bond motifs is 5. The topological polar surface area (TPSA) is 37.3 Å². The second-order valence-electron chi connectivity index (χ2n) is 9.75. The van der Waals surface area contributed by atoms with E-state index in [-0.39, 0.29) is 10.8 Å². The minimum atomic E-state index is -0.434. The third-order valence-corrected chi connectivity index (χ3v) is 8.95. The summed E-state index contributed by atoms with van der Waals surface area (Å²) in [5, 5.41) is 11.4. The lowest BCUT2D eigenvalue weighted by molar-refractivity contribution is -0.132. The smallest absolute Gasteiger partial charge is 0.155 e. The second-order valence-corrected chi connectivity index (χ2v) is 9.75. The van der Waals surface area contributed by atoms with Crippen LogP contribution in [0.1, 0.15) is 85.0 Å². The summed E-state index contributed by atoms with van der Waals surface area (Å²) in [5.74, 6) is 2.51. The molecule has 1 N–H and O–H groups in total. The fraction of sp³-hybridized carbons (Fsp3) is 0.864. The maximum Gasteiger partial charge on any atom is 0.155 e. The van der Waals surface area contributed by atoms with E-state index in [2.05, 4.69) is 20.8 Å². The molecule has 0 aromatic carbocycles. The van der Waals surface area contributed by atoms with Gasteiger partial charge in [0, 0.05) is 6.42 Å². The Balaban J connectivity index is 1.66. The third kappa shape index (κ3) is 2.08. The third-order valence-electron chi connectivity index (χ3n) is 8.95. The molecule has 0 aromatic rings. The molecule has 4 rings (SSSR count). The molecular formula is C22H34O2. The minimum Gasteiger partial charge on any atom is -0.389 e. The van der Waals surface area contributed by atoms with Crippen molar-refractivity contribution in [3.63, 3.8) is 0 Å². The van der Waals surface area contributed by atoms with Crippen molar-refractivity contribution in [2.45, 2.75) is 90.6 Å². The first-order valence-electron chi connectivity index (χ1n) is 10.3. The molecule has 0 spiro atoms. The average molecular weight is 331 g/mol. The monoisotopic (exact) mass is 330 g/mol. The van der Waals surface area contributed by atoms with Gasteiger partial charge in [0.2, 0.25) is 0 Å². The minimum absolute atomic E-state index is 0.117. The molecule has 3 fully saturated rings. The van der Waals surface area contributed by atoms with Gasteiger partial charge in [-0.3, -0.25) is 4.79 Å². The van der Waals surface area contributed by atoms with Gasteiger partial charge in [-0.1, -0.05) is 32.8 Å². The van der Waals surface area contributed by atoms with Crippen molar-refractivity contribution < 1.29 is 9.90 Å². The van der Waals surface area contributed by atoms with Gasteiger partial charge >= 0.3 is 0 Å². The van der Waals surface area contributed by atoms with Gasteiger partial charge in [0.1, 0.15) is 0 Å². The zero-order valence-electron chi connectivity index (χ0n) is 15.7. The molecule has 4 aliphatic carbocycles. The Labute approximate surface area is 147 Å². The van der Waals surface area contributed by atoms with E-state index in [1.54, 1.807) is 0 Å². The predicted molar refractivity (Wildman–Crippen MR) is 96.6 cm³/mol. The molecule has 3 saturated carbocycles. The number of aliphatic hydroxyl groups is 1. The zero-order valence-corrected chi connectivity index (χ0v) is 15.7. The molecule has 6 atom stereocenters. The summed E-state index contributed by atoms with van der Waals surface area (Å²) in [5.41, 5.74) is 1.39. The van der Waals surface area contributed by atoms with E-state index in [1.807, 2.05) is 6.08 Å². The fourth-order valence-electron chi connectivity index (χ4n) is 7.49. The molecule has 0 radical (unpaired) electrons. The highest BCUT2D eigenvalue weighted by Crippen LogP contribution is 2.68. The van der Waals surface area contributed by atoms with Crippen molar-refractivity contribution in [1.29, 1.82) is 0 Å². The largest absolute Gasteiger partial charge is 0.389 e. The number of allylic oxidation sites excluding steroid dienone is 1. The lowest BCUT2D eigenvalue weighted by Crippen LogP contribution is -2.54. The average Bonchev–Trinajstić information content (AvgIpc) is 2.80. The summed E-state index contributed by atoms with van der Waals surface area (Å²) >= 11 is 0. The lowest BCUT2D eigenvalue weighted by Gasteiger charge is -2.59. The van der Waals surface area contributed by atoms with E-state index in [0.29, 0.717) is 11.7 Å². The van der Waals surface area contributed by atoms with Crippen LogP contribution in [0.25, 0.3) is 0 Å². The molecule has 0 bridgehead atoms. The van der Waals surface area contributed by atoms with Crippen LogP contribution >= 0.6 is 0 Å². The van der Waals surface area contributed by atoms with Crippen LogP contribution in [0.5, 0.6) is 0 Å². The summed E-state index contributed by atoms with van der Waals surface area (Å²) in [6, 6.07) is 0. The van der Waals surface area contributed by atoms with Gasteiger partial charge < -0.3 is 5.11 Å². The molecule has 0 aliphatic heterocycles. The van der Waals surface area contributed by atoms with E-state index in [4.69, 9.17) is 0 Å². The molecule has 4 aliphatic rings. The van der Waals surface area contributed by atoms with Crippen molar-refractivity contribution in [3.8, 4) is 0 Å². The van der Waals surface area contributed by atoms with Crippen LogP contribution in [0.4, 0.5) is 0 Å². The summed E-state index contributed by atoms with van der Waals surface area (Å²) in [7, 11) is 0. The van der Waals surface area contributed by atoms with Crippen LogP contribution < -0.4 is 0 Å². The standard InChI is InChI=1S/C22H34O2/c1-4-10-22(24)13-9-19-17-6-5-15-14-16(23)7-11-20(15,2)18(17)8-12-21(19,22)3/h14,17-19,24H,4-13H2,1-3H3/t17-,18+,19+,20+,21-,22-/m0/s1. The van der Waals surface area contributed by atoms with Gasteiger partial charge in [0.25, 0.3) is 0 Å². The maximum absolute atomic E-state index is 11.9. The van der Waals surface area contributed by atoms with Crippen LogP contribution in [-0.4, -0.2) is 16.5 Å². The zero-order chi connectivity index (χ0) is 17.2. The Morgan fingerprint density at radius 2 is 1.83 bits per heavy atom. The molecule has 2 nitrogen and oxygen atoms in total. The Hall–Kier alpha value is -0.630. The van der Waals surface area contributed by atoms with E-state index in [9.17, 15) is 9.90 Å². The van der Waals surface area contributed by atoms with Crippen molar-refractivity contribution in [2.75, 3.05) is 0 Å². The maximum atomic E-state index is 11.9. The Morgan fingerprint density at radius 3 is 2.58 bits per heavy atom. The lowest BCUT2D eigenvalue weighted by atomic mass is 9.46. The molecule has 0 heterocycles. The highest BCUT2D eigenvalue weighted by molar-refractivity contribution is 5.91. The first kappa shape index (κ1) is 16.8. The van der Waals surface area contributed by atoms with Crippen LogP contribution in [-0.2, 0) is 4.79 Å². The van der Waals surface area contributed by atoms with Crippen molar-refractivity contribution in [3.05, 3.63) is 11.6 Å². The Morgan fingerprint density at radius 1 is 1.08 bits per heavy atom. The summed E-state index contributed by atoms with van der Waals surface area (Å²) in [4.78, 5) is 11.9. The Bertz CT molecular complexity index is 579. The number of carbonyl (C=O) groups excluding carboxylic acids is 1. The number of hydrogen-bond acceptors (Lipinski definition) is 2. The first-order valence-corrected chi connectivity index (χ1v) is 10.3. The van der Waals surface area contributed by atoms with Gasteiger partial charge in [-0.2, -0.15) is 0 Å². The highest BCUT2D eigenvalue weighted by atomic mass is 16.3. The Kier molecular flexibility index (Phi) is 3.81. The molecule has 0 saturated heterocycles. The van der Waals surface area contributed by atoms with Crippen LogP contribution in [0.3, 0.4) is 0 Å². The van der Waals surface area contributed by atoms with Crippen molar-refractivity contribution in [2.24, 2.45) is 28.6 Å². The molecule has 24 heavy (non-hydrogen) atoms. The number of carbonyl (C=O) groups is 1. The van der Waals surface area contributed by atoms with Gasteiger partial charge in [-0.15, -0.1) is 0 Å². The molecule has 0 unspecified atom stereocenters. The van der Waals surface area contributed by atoms with E-state index >= 15 is 0 Å². The number of rotatable bonds is 2. The molecule has 0 amide bonds. The quantitative estimate of drug-likeness (QED) is 0.769. The fourth-order valence-corrected chi connectivity index (χ4v) is 7.49. The molecular weight excluding hydrogens is 296 g/mol. The van der Waals surface area contributed by atoms with E-state index < -0.39 is 5.60 Å². The van der Waals surface area contributed by atoms with Crippen molar-refractivity contribution >= 4 is 5.78 Å². The van der Waals surface area contributed by atoms with E-state index in [0.717, 1.165) is 50.4 Å². The summed E-state index contributed by atoms with van der Waals surface area (Å²) < 4.78 is 0. The summed E-state index contributed by atoms with van der Waals surface area (Å²) in [6.45, 7) is 7.05. The summed E-state index contributed by atoms with van der Waals surface area (Å²) in [6.07, 6.45) is 12.8. The number of ketones is 1. The van der Waals surface area contributed by atoms with Gasteiger partial charge in [0.05, 0.1) is 5.60 Å². The highest BCUT2D eigenvalue weighted by Gasteiger charge is 2.63. The first-order chi connectivity index (χ1) is 11.3. The van der Waals surface area contributed by atoms with Crippen LogP contribution in [0, 0.1) is 28.6 Å². The second kappa shape index (κ2) is 5.43. The SMILES string of the molecule is CCC[C@]1(O)CC[C@@H]2[C@H]3CCC4=CC(=O)CC[C@@]4(C)[C@@H]3CC[C@@]21C. The predicted octanol–water partition coefficient (Wildman–Crippen LogP) is 5.05. The van der Waals surface area contributed by atoms with Crippen LogP contribution in [0.15, 0.2) is 11.6 Å². The molecule has 2 heteroatoms. The van der Waals surface area contributed by atoms with Crippen LogP contribution in [0.2, 0.25) is 0 Å². The van der Waals surface area contributed by atoms with Crippen molar-refractivity contribution in [1.82, 2.24) is 0 Å². The normalized spacial score (nSPS) is 50.8. The molecule has 134 valence electrons. The van der Waals surface area contributed by atoms with Gasteiger partial charge in [-0.05, 0) is 86.0 Å². The number of hydrogen-bond donors (Lipinski definition) is 1. The molecule has 0 aromatic heterocycles. The van der Waals surface area contributed by atoms with Gasteiger partial charge in [0.15, 0.2) is 5.78 Å².